The van der Waals surface area contributed by atoms with Gasteiger partial charge >= 0.3 is 7.82 Å². The van der Waals surface area contributed by atoms with Crippen LogP contribution in [0.5, 0.6) is 0 Å². The molecule has 0 radical (unpaired) electrons. The van der Waals surface area contributed by atoms with Crippen LogP contribution in [0.3, 0.4) is 0 Å². The van der Waals surface area contributed by atoms with E-state index in [1.165, 1.54) is 0 Å². The molecule has 0 saturated carbocycles. The molecule has 0 aliphatic carbocycles. The molecule has 0 bridgehead atoms. The van der Waals surface area contributed by atoms with Crippen molar-refractivity contribution in [3.63, 3.8) is 0 Å². The highest BCUT2D eigenvalue weighted by Crippen LogP contribution is 2.43. The van der Waals surface area contributed by atoms with Crippen LogP contribution in [0.15, 0.2) is 0 Å². The van der Waals surface area contributed by atoms with Crippen molar-refractivity contribution in [2.75, 3.05) is 13.2 Å². The number of phosphoric ester groups is 1. The smallest absolute Gasteiger partial charge is 0.302 e. The lowest BCUT2D eigenvalue weighted by molar-refractivity contribution is 0.150. The highest BCUT2D eigenvalue weighted by atomic mass is 35.5. The van der Waals surface area contributed by atoms with E-state index >= 15 is 0 Å². The summed E-state index contributed by atoms with van der Waals surface area (Å²) >= 11 is 0. The fourth-order valence-corrected chi connectivity index (χ4v) is 1.35. The van der Waals surface area contributed by atoms with Gasteiger partial charge in [-0.15, -0.1) is 12.4 Å². The Morgan fingerprint density at radius 3 is 1.75 bits per heavy atom. The molecule has 0 rings (SSSR count). The van der Waals surface area contributed by atoms with Gasteiger partial charge < -0.3 is 4.89 Å². The first-order valence-corrected chi connectivity index (χ1v) is 5.23. The first-order chi connectivity index (χ1) is 5.12. The number of halogens is 1. The molecule has 76 valence electrons. The Hall–Kier alpha value is 0.400. The van der Waals surface area contributed by atoms with Crippen LogP contribution in [-0.4, -0.2) is 18.1 Å². The number of rotatable bonds is 6. The summed E-state index contributed by atoms with van der Waals surface area (Å²) in [6.45, 7) is 4.24. The maximum atomic E-state index is 10.8. The summed E-state index contributed by atoms with van der Waals surface area (Å²) in [4.78, 5) is 8.89. The van der Waals surface area contributed by atoms with Crippen molar-refractivity contribution >= 4 is 20.2 Å². The molecule has 0 spiro atoms. The van der Waals surface area contributed by atoms with E-state index in [1.54, 1.807) is 0 Å². The third kappa shape index (κ3) is 8.50. The highest BCUT2D eigenvalue weighted by molar-refractivity contribution is 7.47. The molecule has 1 N–H and O–H groups in total. The van der Waals surface area contributed by atoms with Crippen molar-refractivity contribution in [2.45, 2.75) is 26.7 Å². The number of hydrogen-bond acceptors (Lipinski definition) is 3. The average Bonchev–Trinajstić information content (AvgIpc) is 1.97. The third-order valence-electron chi connectivity index (χ3n) is 0.917. The molecule has 12 heavy (non-hydrogen) atoms. The predicted octanol–water partition coefficient (Wildman–Crippen LogP) is 2.36. The van der Waals surface area contributed by atoms with Gasteiger partial charge in [-0.1, -0.05) is 13.8 Å². The summed E-state index contributed by atoms with van der Waals surface area (Å²) < 4.78 is 20.0. The van der Waals surface area contributed by atoms with Crippen LogP contribution in [0.1, 0.15) is 26.7 Å². The molecular weight excluding hydrogens is 202 g/mol. The summed E-state index contributed by atoms with van der Waals surface area (Å²) in [5.74, 6) is 0. The van der Waals surface area contributed by atoms with Crippen molar-refractivity contribution in [2.24, 2.45) is 0 Å². The van der Waals surface area contributed by atoms with E-state index in [9.17, 15) is 4.57 Å². The third-order valence-corrected chi connectivity index (χ3v) is 1.93. The van der Waals surface area contributed by atoms with Crippen molar-refractivity contribution in [3.8, 4) is 0 Å². The minimum absolute atomic E-state index is 0. The zero-order valence-corrected chi connectivity index (χ0v) is 9.07. The molecule has 0 aliphatic heterocycles. The van der Waals surface area contributed by atoms with Crippen LogP contribution in [-0.2, 0) is 13.6 Å². The Morgan fingerprint density at radius 2 is 1.50 bits per heavy atom. The lowest BCUT2D eigenvalue weighted by atomic mass is 10.5. The summed E-state index contributed by atoms with van der Waals surface area (Å²) in [5.41, 5.74) is 0. The Labute approximate surface area is 79.3 Å². The Bertz CT molecular complexity index is 130. The van der Waals surface area contributed by atoms with Crippen LogP contribution in [0, 0.1) is 0 Å². The van der Waals surface area contributed by atoms with Crippen molar-refractivity contribution in [1.82, 2.24) is 0 Å². The quantitative estimate of drug-likeness (QED) is 0.696. The maximum absolute atomic E-state index is 10.8. The first-order valence-electron chi connectivity index (χ1n) is 3.74. The van der Waals surface area contributed by atoms with Crippen molar-refractivity contribution < 1.29 is 18.5 Å². The number of phosphoric acid groups is 1. The van der Waals surface area contributed by atoms with E-state index in [2.05, 4.69) is 9.05 Å². The average molecular weight is 219 g/mol. The van der Waals surface area contributed by atoms with E-state index in [0.717, 1.165) is 0 Å². The molecule has 0 aliphatic rings. The van der Waals surface area contributed by atoms with Gasteiger partial charge in [-0.25, -0.2) is 4.57 Å². The van der Waals surface area contributed by atoms with E-state index in [0.29, 0.717) is 12.8 Å². The molecular formula is C6H16ClO4P. The summed E-state index contributed by atoms with van der Waals surface area (Å²) in [6, 6.07) is 0. The van der Waals surface area contributed by atoms with Crippen LogP contribution in [0.2, 0.25) is 0 Å². The zero-order valence-electron chi connectivity index (χ0n) is 7.36. The predicted molar refractivity (Wildman–Crippen MR) is 49.6 cm³/mol. The Balaban J connectivity index is 0. The second kappa shape index (κ2) is 8.02. The van der Waals surface area contributed by atoms with Crippen molar-refractivity contribution in [3.05, 3.63) is 0 Å². The fourth-order valence-electron chi connectivity index (χ4n) is 0.451. The Morgan fingerprint density at radius 1 is 1.17 bits per heavy atom. The second-order valence-corrected chi connectivity index (χ2v) is 3.59. The summed E-state index contributed by atoms with van der Waals surface area (Å²) in [6.07, 6.45) is 1.42. The molecule has 0 aromatic rings. The normalized spacial score (nSPS) is 10.9. The van der Waals surface area contributed by atoms with Crippen LogP contribution < -0.4 is 0 Å². The molecule has 0 saturated heterocycles. The number of hydrogen-bond donors (Lipinski definition) is 1. The van der Waals surface area contributed by atoms with Gasteiger partial charge in [-0.2, -0.15) is 0 Å². The van der Waals surface area contributed by atoms with Gasteiger partial charge in [-0.05, 0) is 12.8 Å². The Kier molecular flexibility index (Phi) is 9.96. The van der Waals surface area contributed by atoms with Gasteiger partial charge in [0.1, 0.15) is 0 Å². The van der Waals surface area contributed by atoms with Gasteiger partial charge in [0.25, 0.3) is 0 Å². The molecule has 4 nitrogen and oxygen atoms in total. The van der Waals surface area contributed by atoms with E-state index < -0.39 is 7.82 Å². The minimum Gasteiger partial charge on any atom is -0.302 e. The van der Waals surface area contributed by atoms with Gasteiger partial charge in [0.05, 0.1) is 13.2 Å². The van der Waals surface area contributed by atoms with Gasteiger partial charge in [0.2, 0.25) is 0 Å². The van der Waals surface area contributed by atoms with Crippen molar-refractivity contribution in [1.29, 1.82) is 0 Å². The van der Waals surface area contributed by atoms with E-state index in [1.807, 2.05) is 13.8 Å². The van der Waals surface area contributed by atoms with Crippen LogP contribution in [0.25, 0.3) is 0 Å². The molecule has 0 aromatic carbocycles. The molecule has 6 heteroatoms. The van der Waals surface area contributed by atoms with Gasteiger partial charge in [0, 0.05) is 0 Å². The molecule has 0 atom stereocenters. The van der Waals surface area contributed by atoms with Crippen LogP contribution in [0.4, 0.5) is 0 Å². The van der Waals surface area contributed by atoms with Gasteiger partial charge in [0.15, 0.2) is 0 Å². The molecule has 0 fully saturated rings. The van der Waals surface area contributed by atoms with E-state index in [-0.39, 0.29) is 25.6 Å². The standard InChI is InChI=1S/C6H15O4P.ClH/c1-3-5-9-11(7,8)10-6-4-2;/h3-6H2,1-2H3,(H,7,8);1H. The second-order valence-electron chi connectivity index (χ2n) is 2.14. The molecule has 0 unspecified atom stereocenters. The highest BCUT2D eigenvalue weighted by Gasteiger charge is 2.18. The fraction of sp³-hybridized carbons (Fsp3) is 1.00. The zero-order chi connectivity index (χ0) is 8.74. The maximum Gasteiger partial charge on any atom is 0.472 e. The SMILES string of the molecule is CCCOP(=O)(O)OCCC.Cl. The topological polar surface area (TPSA) is 55.8 Å². The lowest BCUT2D eigenvalue weighted by Gasteiger charge is -2.09. The minimum atomic E-state index is -3.73. The van der Waals surface area contributed by atoms with Crippen LogP contribution >= 0.6 is 20.2 Å². The molecule has 0 amide bonds. The lowest BCUT2D eigenvalue weighted by Crippen LogP contribution is -1.96. The monoisotopic (exact) mass is 218 g/mol. The molecule has 0 heterocycles. The first kappa shape index (κ1) is 14.9. The van der Waals surface area contributed by atoms with E-state index in [4.69, 9.17) is 4.89 Å². The largest absolute Gasteiger partial charge is 0.472 e. The molecule has 0 aromatic heterocycles. The summed E-state index contributed by atoms with van der Waals surface area (Å²) in [5, 5.41) is 0. The summed E-state index contributed by atoms with van der Waals surface area (Å²) in [7, 11) is -3.73. The van der Waals surface area contributed by atoms with Gasteiger partial charge in [-0.3, -0.25) is 9.05 Å².